The normalized spacial score (nSPS) is 18.4. The molecule has 12 heteroatoms. The number of halogens is 4. The van der Waals surface area contributed by atoms with E-state index >= 15 is 0 Å². The molecule has 0 unspecified atom stereocenters. The van der Waals surface area contributed by atoms with E-state index in [1.165, 1.54) is 19.2 Å². The van der Waals surface area contributed by atoms with Crippen molar-refractivity contribution in [1.82, 2.24) is 15.1 Å². The van der Waals surface area contributed by atoms with Crippen molar-refractivity contribution in [1.29, 1.82) is 0 Å². The van der Waals surface area contributed by atoms with Gasteiger partial charge in [-0.15, -0.1) is 0 Å². The van der Waals surface area contributed by atoms with Gasteiger partial charge in [0, 0.05) is 31.1 Å². The topological polar surface area (TPSA) is 96.0 Å². The lowest BCUT2D eigenvalue weighted by Crippen LogP contribution is -2.51. The summed E-state index contributed by atoms with van der Waals surface area (Å²) in [5, 5.41) is 2.55. The van der Waals surface area contributed by atoms with Gasteiger partial charge in [-0.3, -0.25) is 14.4 Å². The minimum atomic E-state index is -4.79. The number of nitrogens with zero attached hydrogens (tertiary/aromatic N) is 2. The molecule has 0 bridgehead atoms. The van der Waals surface area contributed by atoms with Gasteiger partial charge in [-0.1, -0.05) is 42.5 Å². The van der Waals surface area contributed by atoms with Crippen molar-refractivity contribution >= 4 is 23.8 Å². The molecule has 1 heterocycles. The first-order chi connectivity index (χ1) is 20.3. The predicted octanol–water partition coefficient (Wildman–Crippen LogP) is 4.95. The van der Waals surface area contributed by atoms with Crippen LogP contribution in [0.15, 0.2) is 66.7 Å². The first-order valence-electron chi connectivity index (χ1n) is 13.5. The number of benzene rings is 3. The average molecular weight is 598 g/mol. The summed E-state index contributed by atoms with van der Waals surface area (Å²) in [4.78, 5) is 52.6. The number of hydrogen-bond donors (Lipinski definition) is 1. The Morgan fingerprint density at radius 3 is 2.30 bits per heavy atom. The maximum Gasteiger partial charge on any atom is 0.418 e. The van der Waals surface area contributed by atoms with E-state index in [0.717, 1.165) is 35.7 Å². The Morgan fingerprint density at radius 1 is 1.02 bits per heavy atom. The SMILES string of the molecule is CNC(=O)c1ccc(-c2ccc3c(c2)CC[C@@]32OC(=O)N(CC(=O)N(Cc3ccc(F)cc3)[C@@H](C)C(F)(F)F)C2=O)cc1. The fourth-order valence-corrected chi connectivity index (χ4v) is 5.42. The molecule has 43 heavy (non-hydrogen) atoms. The van der Waals surface area contributed by atoms with Crippen LogP contribution in [0.25, 0.3) is 11.1 Å². The third-order valence-electron chi connectivity index (χ3n) is 7.89. The molecule has 1 aliphatic heterocycles. The van der Waals surface area contributed by atoms with E-state index in [4.69, 9.17) is 4.74 Å². The lowest BCUT2D eigenvalue weighted by molar-refractivity contribution is -0.187. The Kier molecular flexibility index (Phi) is 7.72. The first-order valence-corrected chi connectivity index (χ1v) is 13.5. The number of ether oxygens (including phenoxy) is 1. The van der Waals surface area contributed by atoms with Gasteiger partial charge in [0.25, 0.3) is 11.8 Å². The number of aryl methyl sites for hydroxylation is 1. The Balaban J connectivity index is 1.37. The molecule has 3 aromatic rings. The number of imide groups is 1. The van der Waals surface area contributed by atoms with Crippen LogP contribution in [0.3, 0.4) is 0 Å². The Morgan fingerprint density at radius 2 is 1.67 bits per heavy atom. The van der Waals surface area contributed by atoms with Crippen LogP contribution in [0.4, 0.5) is 22.4 Å². The zero-order valence-electron chi connectivity index (χ0n) is 23.2. The summed E-state index contributed by atoms with van der Waals surface area (Å²) in [5.74, 6) is -2.76. The standard InChI is InChI=1S/C31H27F4N3O5/c1-18(31(33,34)35)37(16-19-3-10-24(32)11-4-19)26(39)17-38-28(41)30(43-29(38)42)14-13-23-15-22(9-12-25(23)30)20-5-7-21(8-6-20)27(40)36-2/h3-12,15,18H,13-14,16-17H2,1-2H3,(H,36,40)/t18-,30+/m0/s1. The van der Waals surface area contributed by atoms with Crippen LogP contribution < -0.4 is 5.32 Å². The second-order valence-corrected chi connectivity index (χ2v) is 10.5. The van der Waals surface area contributed by atoms with Gasteiger partial charge in [0.1, 0.15) is 18.4 Å². The fraction of sp³-hybridized carbons (Fsp3) is 0.290. The van der Waals surface area contributed by atoms with Crippen molar-refractivity contribution in [2.24, 2.45) is 0 Å². The molecule has 1 aliphatic carbocycles. The molecule has 1 saturated heterocycles. The molecule has 1 fully saturated rings. The number of hydrogen-bond acceptors (Lipinski definition) is 5. The van der Waals surface area contributed by atoms with Gasteiger partial charge in [-0.2, -0.15) is 13.2 Å². The van der Waals surface area contributed by atoms with E-state index in [0.29, 0.717) is 27.3 Å². The van der Waals surface area contributed by atoms with E-state index < -0.39 is 54.6 Å². The molecular weight excluding hydrogens is 570 g/mol. The largest absolute Gasteiger partial charge is 0.427 e. The third-order valence-corrected chi connectivity index (χ3v) is 7.89. The molecule has 0 aromatic heterocycles. The van der Waals surface area contributed by atoms with Gasteiger partial charge in [0.05, 0.1) is 0 Å². The highest BCUT2D eigenvalue weighted by Gasteiger charge is 2.58. The minimum absolute atomic E-state index is 0.106. The highest BCUT2D eigenvalue weighted by Crippen LogP contribution is 2.46. The van der Waals surface area contributed by atoms with Crippen molar-refractivity contribution in [3.8, 4) is 11.1 Å². The van der Waals surface area contributed by atoms with Crippen molar-refractivity contribution in [2.45, 2.75) is 44.1 Å². The second-order valence-electron chi connectivity index (χ2n) is 10.5. The van der Waals surface area contributed by atoms with E-state index in [9.17, 15) is 36.7 Å². The lowest BCUT2D eigenvalue weighted by atomic mass is 9.92. The summed E-state index contributed by atoms with van der Waals surface area (Å²) in [6, 6.07) is 14.6. The molecule has 0 saturated carbocycles. The lowest BCUT2D eigenvalue weighted by Gasteiger charge is -2.31. The highest BCUT2D eigenvalue weighted by molar-refractivity contribution is 6.06. The molecule has 3 aromatic carbocycles. The monoisotopic (exact) mass is 597 g/mol. The predicted molar refractivity (Wildman–Crippen MR) is 146 cm³/mol. The van der Waals surface area contributed by atoms with Crippen molar-refractivity contribution < 1.29 is 41.5 Å². The zero-order valence-corrected chi connectivity index (χ0v) is 23.2. The molecule has 4 amide bonds. The van der Waals surface area contributed by atoms with Gasteiger partial charge in [0.15, 0.2) is 0 Å². The van der Waals surface area contributed by atoms with Crippen LogP contribution in [0.2, 0.25) is 0 Å². The molecule has 5 rings (SSSR count). The van der Waals surface area contributed by atoms with E-state index in [1.54, 1.807) is 36.4 Å². The summed E-state index contributed by atoms with van der Waals surface area (Å²) < 4.78 is 59.9. The third kappa shape index (κ3) is 5.56. The number of carbonyl (C=O) groups is 4. The van der Waals surface area contributed by atoms with E-state index in [-0.39, 0.29) is 17.9 Å². The summed E-state index contributed by atoms with van der Waals surface area (Å²) >= 11 is 0. The number of alkyl halides is 3. The summed E-state index contributed by atoms with van der Waals surface area (Å²) in [6.07, 6.45) is -5.43. The summed E-state index contributed by atoms with van der Waals surface area (Å²) in [7, 11) is 1.54. The molecule has 1 N–H and O–H groups in total. The van der Waals surface area contributed by atoms with Crippen molar-refractivity contribution in [3.05, 3.63) is 94.8 Å². The molecule has 0 radical (unpaired) electrons. The van der Waals surface area contributed by atoms with E-state index in [2.05, 4.69) is 5.32 Å². The van der Waals surface area contributed by atoms with Gasteiger partial charge in [0.2, 0.25) is 11.5 Å². The number of carbonyl (C=O) groups excluding carboxylic acids is 4. The maximum atomic E-state index is 13.7. The van der Waals surface area contributed by atoms with Crippen LogP contribution in [-0.4, -0.2) is 59.4 Å². The number of fused-ring (bicyclic) bond motifs is 2. The van der Waals surface area contributed by atoms with Gasteiger partial charge >= 0.3 is 12.3 Å². The molecular formula is C31H27F4N3O5. The smallest absolute Gasteiger partial charge is 0.418 e. The quantitative estimate of drug-likeness (QED) is 0.389. The minimum Gasteiger partial charge on any atom is -0.427 e. The Labute approximate surface area is 244 Å². The van der Waals surface area contributed by atoms with Crippen LogP contribution in [0.1, 0.15) is 40.4 Å². The van der Waals surface area contributed by atoms with Crippen LogP contribution in [0.5, 0.6) is 0 Å². The fourth-order valence-electron chi connectivity index (χ4n) is 5.42. The summed E-state index contributed by atoms with van der Waals surface area (Å²) in [5.41, 5.74) is 1.85. The number of amides is 4. The molecule has 224 valence electrons. The Bertz CT molecular complexity index is 1590. The first kappa shape index (κ1) is 29.7. The van der Waals surface area contributed by atoms with Gasteiger partial charge in [-0.05, 0) is 59.9 Å². The van der Waals surface area contributed by atoms with Crippen LogP contribution in [0, 0.1) is 5.82 Å². The molecule has 8 nitrogen and oxygen atoms in total. The van der Waals surface area contributed by atoms with Gasteiger partial charge < -0.3 is 15.0 Å². The van der Waals surface area contributed by atoms with Crippen molar-refractivity contribution in [2.75, 3.05) is 13.6 Å². The maximum absolute atomic E-state index is 13.7. The number of nitrogens with one attached hydrogen (secondary N) is 1. The molecule has 2 atom stereocenters. The second kappa shape index (κ2) is 11.2. The highest BCUT2D eigenvalue weighted by atomic mass is 19.4. The van der Waals surface area contributed by atoms with Crippen LogP contribution >= 0.6 is 0 Å². The zero-order chi connectivity index (χ0) is 31.1. The number of rotatable bonds is 7. The van der Waals surface area contributed by atoms with Crippen molar-refractivity contribution in [3.63, 3.8) is 0 Å². The average Bonchev–Trinajstić information content (AvgIpc) is 3.47. The van der Waals surface area contributed by atoms with Crippen LogP contribution in [-0.2, 0) is 32.9 Å². The molecule has 1 spiro atoms. The molecule has 2 aliphatic rings. The Hall–Kier alpha value is -4.74. The van der Waals surface area contributed by atoms with E-state index in [1.807, 2.05) is 6.07 Å². The van der Waals surface area contributed by atoms with Gasteiger partial charge in [-0.25, -0.2) is 14.1 Å². The summed E-state index contributed by atoms with van der Waals surface area (Å²) in [6.45, 7) is -0.673.